The molecule has 128 valence electrons. The Labute approximate surface area is 151 Å². The molecule has 0 saturated carbocycles. The van der Waals surface area contributed by atoms with Crippen LogP contribution in [0, 0.1) is 0 Å². The van der Waals surface area contributed by atoms with Gasteiger partial charge in [-0.15, -0.1) is 0 Å². The summed E-state index contributed by atoms with van der Waals surface area (Å²) in [6.07, 6.45) is 2.11. The topological polar surface area (TPSA) is 47.6 Å². The van der Waals surface area contributed by atoms with E-state index < -0.39 is 0 Å². The molecular weight excluding hydrogens is 349 g/mol. The summed E-state index contributed by atoms with van der Waals surface area (Å²) in [6.45, 7) is 2.68. The fourth-order valence-electron chi connectivity index (χ4n) is 1.90. The SMILES string of the molecule is CCCCOc1ccc(OCC(=O)Nc2cccc(Cl)c2Cl)cc1. The first-order chi connectivity index (χ1) is 11.6. The predicted octanol–water partition coefficient (Wildman–Crippen LogP) is 5.19. The molecular formula is C18H19Cl2NO3. The number of benzene rings is 2. The fourth-order valence-corrected chi connectivity index (χ4v) is 2.25. The molecule has 24 heavy (non-hydrogen) atoms. The van der Waals surface area contributed by atoms with Gasteiger partial charge in [-0.1, -0.05) is 42.6 Å². The summed E-state index contributed by atoms with van der Waals surface area (Å²) < 4.78 is 11.0. The highest BCUT2D eigenvalue weighted by molar-refractivity contribution is 6.43. The normalized spacial score (nSPS) is 10.3. The van der Waals surface area contributed by atoms with Crippen molar-refractivity contribution < 1.29 is 14.3 Å². The Hall–Kier alpha value is -1.91. The first-order valence-corrected chi connectivity index (χ1v) is 8.45. The Morgan fingerprint density at radius 2 is 1.71 bits per heavy atom. The van der Waals surface area contributed by atoms with Gasteiger partial charge in [-0.25, -0.2) is 0 Å². The van der Waals surface area contributed by atoms with Gasteiger partial charge in [0.15, 0.2) is 6.61 Å². The second-order valence-electron chi connectivity index (χ2n) is 5.11. The van der Waals surface area contributed by atoms with Crippen LogP contribution in [-0.2, 0) is 4.79 Å². The van der Waals surface area contributed by atoms with Crippen LogP contribution < -0.4 is 14.8 Å². The lowest BCUT2D eigenvalue weighted by Gasteiger charge is -2.10. The number of hydrogen-bond donors (Lipinski definition) is 1. The van der Waals surface area contributed by atoms with Gasteiger partial charge in [-0.05, 0) is 42.8 Å². The molecule has 2 rings (SSSR count). The molecule has 1 N–H and O–H groups in total. The van der Waals surface area contributed by atoms with E-state index in [9.17, 15) is 4.79 Å². The quantitative estimate of drug-likeness (QED) is 0.653. The van der Waals surface area contributed by atoms with Gasteiger partial charge in [-0.2, -0.15) is 0 Å². The molecule has 0 aromatic heterocycles. The molecule has 2 aromatic carbocycles. The van der Waals surface area contributed by atoms with Crippen molar-refractivity contribution in [2.24, 2.45) is 0 Å². The maximum atomic E-state index is 11.9. The van der Waals surface area contributed by atoms with E-state index in [1.54, 1.807) is 30.3 Å². The minimum absolute atomic E-state index is 0.126. The van der Waals surface area contributed by atoms with Crippen molar-refractivity contribution in [3.63, 3.8) is 0 Å². The Balaban J connectivity index is 1.82. The monoisotopic (exact) mass is 367 g/mol. The molecule has 0 unspecified atom stereocenters. The Morgan fingerprint density at radius 3 is 2.38 bits per heavy atom. The van der Waals surface area contributed by atoms with E-state index in [1.165, 1.54) is 0 Å². The molecule has 0 aliphatic heterocycles. The third-order valence-electron chi connectivity index (χ3n) is 3.19. The number of carbonyl (C=O) groups is 1. The van der Waals surface area contributed by atoms with Gasteiger partial charge in [0.2, 0.25) is 0 Å². The van der Waals surface area contributed by atoms with Crippen molar-refractivity contribution in [2.75, 3.05) is 18.5 Å². The van der Waals surface area contributed by atoms with Crippen LogP contribution in [-0.4, -0.2) is 19.1 Å². The van der Waals surface area contributed by atoms with Crippen molar-refractivity contribution in [1.29, 1.82) is 0 Å². The smallest absolute Gasteiger partial charge is 0.262 e. The zero-order valence-electron chi connectivity index (χ0n) is 13.4. The molecule has 6 heteroatoms. The summed E-state index contributed by atoms with van der Waals surface area (Å²) in [5.74, 6) is 1.05. The number of rotatable bonds is 8. The lowest BCUT2D eigenvalue weighted by molar-refractivity contribution is -0.118. The van der Waals surface area contributed by atoms with Crippen LogP contribution in [0.2, 0.25) is 10.0 Å². The Kier molecular flexibility index (Phi) is 7.22. The van der Waals surface area contributed by atoms with Crippen molar-refractivity contribution in [3.05, 3.63) is 52.5 Å². The fraction of sp³-hybridized carbons (Fsp3) is 0.278. The standard InChI is InChI=1S/C18H19Cl2NO3/c1-2-3-11-23-13-7-9-14(10-8-13)24-12-17(22)21-16-6-4-5-15(19)18(16)20/h4-10H,2-3,11-12H2,1H3,(H,21,22). The van der Waals surface area contributed by atoms with Gasteiger partial charge in [0, 0.05) is 0 Å². The van der Waals surface area contributed by atoms with E-state index in [0.717, 1.165) is 18.6 Å². The van der Waals surface area contributed by atoms with Gasteiger partial charge in [0.1, 0.15) is 11.5 Å². The molecule has 4 nitrogen and oxygen atoms in total. The van der Waals surface area contributed by atoms with Gasteiger partial charge in [0.25, 0.3) is 5.91 Å². The number of ether oxygens (including phenoxy) is 2. The van der Waals surface area contributed by atoms with Crippen LogP contribution in [0.1, 0.15) is 19.8 Å². The summed E-state index contributed by atoms with van der Waals surface area (Å²) >= 11 is 11.9. The zero-order valence-corrected chi connectivity index (χ0v) is 14.9. The number of hydrogen-bond acceptors (Lipinski definition) is 3. The minimum Gasteiger partial charge on any atom is -0.494 e. The summed E-state index contributed by atoms with van der Waals surface area (Å²) in [7, 11) is 0. The van der Waals surface area contributed by atoms with Crippen LogP contribution >= 0.6 is 23.2 Å². The highest BCUT2D eigenvalue weighted by atomic mass is 35.5. The molecule has 2 aromatic rings. The second-order valence-corrected chi connectivity index (χ2v) is 5.90. The highest BCUT2D eigenvalue weighted by Gasteiger charge is 2.09. The molecule has 0 spiro atoms. The molecule has 0 bridgehead atoms. The zero-order chi connectivity index (χ0) is 17.4. The summed E-state index contributed by atoms with van der Waals surface area (Å²) in [4.78, 5) is 11.9. The molecule has 1 amide bonds. The van der Waals surface area contributed by atoms with Crippen LogP contribution in [0.25, 0.3) is 0 Å². The Bertz CT molecular complexity index is 674. The first kappa shape index (κ1) is 18.4. The van der Waals surface area contributed by atoms with Gasteiger partial charge >= 0.3 is 0 Å². The van der Waals surface area contributed by atoms with Crippen molar-refractivity contribution in [1.82, 2.24) is 0 Å². The van der Waals surface area contributed by atoms with Crippen LogP contribution in [0.3, 0.4) is 0 Å². The van der Waals surface area contributed by atoms with Crippen molar-refractivity contribution >= 4 is 34.8 Å². The largest absolute Gasteiger partial charge is 0.494 e. The second kappa shape index (κ2) is 9.40. The predicted molar refractivity (Wildman–Crippen MR) is 97.4 cm³/mol. The molecule has 0 heterocycles. The number of halogens is 2. The average molecular weight is 368 g/mol. The summed E-state index contributed by atoms with van der Waals surface area (Å²) in [5.41, 5.74) is 0.456. The lowest BCUT2D eigenvalue weighted by atomic mass is 10.3. The summed E-state index contributed by atoms with van der Waals surface area (Å²) in [6, 6.07) is 12.2. The van der Waals surface area contributed by atoms with Crippen LogP contribution in [0.4, 0.5) is 5.69 Å². The van der Waals surface area contributed by atoms with E-state index in [4.69, 9.17) is 32.7 Å². The van der Waals surface area contributed by atoms with Crippen molar-refractivity contribution in [2.45, 2.75) is 19.8 Å². The minimum atomic E-state index is -0.317. The average Bonchev–Trinajstić information content (AvgIpc) is 2.58. The van der Waals surface area contributed by atoms with Crippen molar-refractivity contribution in [3.8, 4) is 11.5 Å². The van der Waals surface area contributed by atoms with E-state index in [-0.39, 0.29) is 12.5 Å². The third kappa shape index (κ3) is 5.62. The molecule has 0 fully saturated rings. The molecule has 0 aliphatic carbocycles. The van der Waals surface area contributed by atoms with E-state index in [0.29, 0.717) is 28.1 Å². The van der Waals surface area contributed by atoms with E-state index in [1.807, 2.05) is 12.1 Å². The highest BCUT2D eigenvalue weighted by Crippen LogP contribution is 2.29. The van der Waals surface area contributed by atoms with Crippen LogP contribution in [0.15, 0.2) is 42.5 Å². The maximum Gasteiger partial charge on any atom is 0.262 e. The first-order valence-electron chi connectivity index (χ1n) is 7.69. The number of carbonyl (C=O) groups excluding carboxylic acids is 1. The Morgan fingerprint density at radius 1 is 1.04 bits per heavy atom. The molecule has 0 aliphatic rings. The number of amides is 1. The lowest BCUT2D eigenvalue weighted by Crippen LogP contribution is -2.20. The maximum absolute atomic E-state index is 11.9. The third-order valence-corrected chi connectivity index (χ3v) is 4.00. The summed E-state index contributed by atoms with van der Waals surface area (Å²) in [5, 5.41) is 3.35. The van der Waals surface area contributed by atoms with Gasteiger partial charge in [-0.3, -0.25) is 4.79 Å². The molecule has 0 atom stereocenters. The molecule has 0 radical (unpaired) electrons. The molecule has 0 saturated heterocycles. The number of anilines is 1. The van der Waals surface area contributed by atoms with Gasteiger partial charge < -0.3 is 14.8 Å². The van der Waals surface area contributed by atoms with E-state index in [2.05, 4.69) is 12.2 Å². The van der Waals surface area contributed by atoms with E-state index >= 15 is 0 Å². The number of unbranched alkanes of at least 4 members (excludes halogenated alkanes) is 1. The van der Waals surface area contributed by atoms with Gasteiger partial charge in [0.05, 0.1) is 22.3 Å². The van der Waals surface area contributed by atoms with Crippen LogP contribution in [0.5, 0.6) is 11.5 Å². The number of nitrogens with one attached hydrogen (secondary N) is 1.